The zero-order chi connectivity index (χ0) is 25.5. The molecule has 0 fully saturated rings. The monoisotopic (exact) mass is 507 g/mol. The highest BCUT2D eigenvalue weighted by Gasteiger charge is 2.23. The van der Waals surface area contributed by atoms with E-state index in [9.17, 15) is 0 Å². The number of benzene rings is 5. The second kappa shape index (κ2) is 9.40. The van der Waals surface area contributed by atoms with Gasteiger partial charge in [0, 0.05) is 36.9 Å². The Morgan fingerprint density at radius 2 is 1.24 bits per heavy atom. The van der Waals surface area contributed by atoms with Crippen LogP contribution in [0.3, 0.4) is 0 Å². The first-order valence-corrected chi connectivity index (χ1v) is 13.6. The summed E-state index contributed by atoms with van der Waals surface area (Å²) < 4.78 is 2.56. The number of rotatable bonds is 4. The maximum Gasteiger partial charge on any atom is 0.170 e. The number of thiophene rings is 1. The van der Waals surface area contributed by atoms with Gasteiger partial charge in [0.2, 0.25) is 0 Å². The number of hydrogen-bond acceptors (Lipinski definition) is 4. The Balaban J connectivity index is 1.41. The van der Waals surface area contributed by atoms with Gasteiger partial charge in [-0.25, -0.2) is 9.98 Å². The molecular formula is C34H25N3S. The molecule has 0 amide bonds. The summed E-state index contributed by atoms with van der Waals surface area (Å²) in [6, 6.07) is 42.6. The van der Waals surface area contributed by atoms with Crippen molar-refractivity contribution >= 4 is 43.2 Å². The van der Waals surface area contributed by atoms with Crippen LogP contribution in [0.2, 0.25) is 0 Å². The number of amidine groups is 2. The van der Waals surface area contributed by atoms with Crippen molar-refractivity contribution in [1.82, 2.24) is 5.32 Å². The van der Waals surface area contributed by atoms with Crippen LogP contribution in [0, 0.1) is 6.92 Å². The molecule has 1 aliphatic heterocycles. The fraction of sp³-hybridized carbons (Fsp3) is 0.0588. The summed E-state index contributed by atoms with van der Waals surface area (Å²) in [4.78, 5) is 10.4. The molecule has 1 atom stereocenters. The lowest BCUT2D eigenvalue weighted by atomic mass is 10.0. The van der Waals surface area contributed by atoms with Crippen molar-refractivity contribution in [2.24, 2.45) is 9.98 Å². The van der Waals surface area contributed by atoms with E-state index in [1.165, 1.54) is 31.3 Å². The van der Waals surface area contributed by atoms with Gasteiger partial charge in [0.25, 0.3) is 0 Å². The van der Waals surface area contributed by atoms with Crippen LogP contribution in [-0.4, -0.2) is 11.7 Å². The molecule has 0 radical (unpaired) electrons. The first-order valence-electron chi connectivity index (χ1n) is 12.8. The summed E-state index contributed by atoms with van der Waals surface area (Å²) in [5.41, 5.74) is 6.82. The Morgan fingerprint density at radius 1 is 0.579 bits per heavy atom. The molecule has 0 saturated carbocycles. The lowest BCUT2D eigenvalue weighted by Gasteiger charge is -2.23. The Kier molecular flexibility index (Phi) is 5.60. The molecule has 7 rings (SSSR count). The minimum atomic E-state index is -0.358. The quantitative estimate of drug-likeness (QED) is 0.255. The topological polar surface area (TPSA) is 36.8 Å². The first-order chi connectivity index (χ1) is 18.7. The van der Waals surface area contributed by atoms with E-state index in [0.717, 1.165) is 33.9 Å². The minimum absolute atomic E-state index is 0.358. The van der Waals surface area contributed by atoms with Crippen LogP contribution in [-0.2, 0) is 0 Å². The average molecular weight is 508 g/mol. The van der Waals surface area contributed by atoms with Crippen LogP contribution in [0.4, 0.5) is 0 Å². The van der Waals surface area contributed by atoms with E-state index < -0.39 is 0 Å². The van der Waals surface area contributed by atoms with Gasteiger partial charge < -0.3 is 5.32 Å². The molecule has 1 aromatic heterocycles. The third-order valence-corrected chi connectivity index (χ3v) is 8.13. The fourth-order valence-corrected chi connectivity index (χ4v) is 6.26. The maximum absolute atomic E-state index is 5.21. The summed E-state index contributed by atoms with van der Waals surface area (Å²) in [5, 5.41) is 6.08. The third kappa shape index (κ3) is 4.09. The van der Waals surface area contributed by atoms with Gasteiger partial charge in [-0.15, -0.1) is 11.3 Å². The zero-order valence-electron chi connectivity index (χ0n) is 20.9. The molecule has 1 N–H and O–H groups in total. The maximum atomic E-state index is 5.21. The van der Waals surface area contributed by atoms with E-state index in [2.05, 4.69) is 109 Å². The Bertz CT molecular complexity index is 1850. The SMILES string of the molecule is Cc1ccc2sc3cccc(C4N=C(c5ccccc5)NC(c5cccc(-c6ccccc6)c5)=N4)c3c2c1. The van der Waals surface area contributed by atoms with Crippen LogP contribution in [0.25, 0.3) is 31.3 Å². The van der Waals surface area contributed by atoms with Crippen molar-refractivity contribution in [3.8, 4) is 11.1 Å². The first kappa shape index (κ1) is 22.6. The number of hydrogen-bond donors (Lipinski definition) is 1. The normalized spacial score (nSPS) is 15.2. The average Bonchev–Trinajstić information content (AvgIpc) is 3.36. The van der Waals surface area contributed by atoms with Crippen LogP contribution in [0.5, 0.6) is 0 Å². The molecule has 0 spiro atoms. The molecule has 182 valence electrons. The Morgan fingerprint density at radius 3 is 2.03 bits per heavy atom. The molecule has 3 nitrogen and oxygen atoms in total. The minimum Gasteiger partial charge on any atom is -0.324 e. The number of nitrogens with zero attached hydrogens (tertiary/aromatic N) is 2. The highest BCUT2D eigenvalue weighted by Crippen LogP contribution is 2.40. The lowest BCUT2D eigenvalue weighted by Crippen LogP contribution is -2.36. The van der Waals surface area contributed by atoms with Gasteiger partial charge in [-0.1, -0.05) is 103 Å². The van der Waals surface area contributed by atoms with E-state index in [1.54, 1.807) is 0 Å². The van der Waals surface area contributed by atoms with E-state index in [0.29, 0.717) is 0 Å². The highest BCUT2D eigenvalue weighted by molar-refractivity contribution is 7.25. The van der Waals surface area contributed by atoms with Gasteiger partial charge >= 0.3 is 0 Å². The molecule has 38 heavy (non-hydrogen) atoms. The predicted molar refractivity (Wildman–Crippen MR) is 161 cm³/mol. The summed E-state index contributed by atoms with van der Waals surface area (Å²) in [6.07, 6.45) is -0.358. The number of aliphatic imine (C=N–C) groups is 2. The molecule has 2 heterocycles. The predicted octanol–water partition coefficient (Wildman–Crippen LogP) is 8.53. The van der Waals surface area contributed by atoms with E-state index in [1.807, 2.05) is 35.6 Å². The van der Waals surface area contributed by atoms with E-state index in [4.69, 9.17) is 9.98 Å². The van der Waals surface area contributed by atoms with Gasteiger partial charge in [0.15, 0.2) is 6.17 Å². The molecule has 5 aromatic carbocycles. The second-order valence-electron chi connectivity index (χ2n) is 9.59. The van der Waals surface area contributed by atoms with Crippen molar-refractivity contribution in [3.05, 3.63) is 144 Å². The van der Waals surface area contributed by atoms with Crippen molar-refractivity contribution in [2.75, 3.05) is 0 Å². The van der Waals surface area contributed by atoms with Crippen molar-refractivity contribution in [2.45, 2.75) is 13.1 Å². The Hall–Kier alpha value is -4.54. The lowest BCUT2D eigenvalue weighted by molar-refractivity contribution is 0.763. The van der Waals surface area contributed by atoms with Gasteiger partial charge in [-0.3, -0.25) is 0 Å². The van der Waals surface area contributed by atoms with Gasteiger partial charge in [-0.2, -0.15) is 0 Å². The smallest absolute Gasteiger partial charge is 0.170 e. The van der Waals surface area contributed by atoms with Crippen molar-refractivity contribution < 1.29 is 0 Å². The molecule has 6 aromatic rings. The van der Waals surface area contributed by atoms with Crippen LogP contribution in [0.15, 0.2) is 131 Å². The largest absolute Gasteiger partial charge is 0.324 e. The summed E-state index contributed by atoms with van der Waals surface area (Å²) in [5.74, 6) is 1.66. The van der Waals surface area contributed by atoms with Crippen molar-refractivity contribution in [1.29, 1.82) is 0 Å². The Labute approximate surface area is 225 Å². The van der Waals surface area contributed by atoms with E-state index in [-0.39, 0.29) is 6.17 Å². The molecule has 4 heteroatoms. The standard InChI is InChI=1S/C34H25N3S/c1-22-18-19-29-28(20-22)31-27(16-9-17-30(31)38-29)34-36-32(24-12-6-3-7-13-24)35-33(37-34)26-15-8-14-25(21-26)23-10-4-2-5-11-23/h2-21,34H,1H3,(H,35,36,37). The molecule has 0 aliphatic carbocycles. The van der Waals surface area contributed by atoms with Gasteiger partial charge in [0.05, 0.1) is 0 Å². The molecular weight excluding hydrogens is 482 g/mol. The van der Waals surface area contributed by atoms with Gasteiger partial charge in [-0.05, 0) is 42.3 Å². The fourth-order valence-electron chi connectivity index (χ4n) is 5.14. The van der Waals surface area contributed by atoms with Crippen LogP contribution < -0.4 is 5.32 Å². The molecule has 0 saturated heterocycles. The zero-order valence-corrected chi connectivity index (χ0v) is 21.7. The summed E-state index contributed by atoms with van der Waals surface area (Å²) >= 11 is 1.83. The van der Waals surface area contributed by atoms with E-state index >= 15 is 0 Å². The molecule has 1 unspecified atom stereocenters. The second-order valence-corrected chi connectivity index (χ2v) is 10.7. The van der Waals surface area contributed by atoms with Crippen LogP contribution in [0.1, 0.15) is 28.4 Å². The number of fused-ring (bicyclic) bond motifs is 3. The van der Waals surface area contributed by atoms with Crippen molar-refractivity contribution in [3.63, 3.8) is 0 Å². The van der Waals surface area contributed by atoms with Crippen LogP contribution >= 0.6 is 11.3 Å². The molecule has 0 bridgehead atoms. The van der Waals surface area contributed by atoms with Gasteiger partial charge in [0.1, 0.15) is 11.7 Å². The number of nitrogens with one attached hydrogen (secondary N) is 1. The summed E-state index contributed by atoms with van der Waals surface area (Å²) in [6.45, 7) is 2.15. The molecule has 1 aliphatic rings. The number of aryl methyl sites for hydroxylation is 1. The summed E-state index contributed by atoms with van der Waals surface area (Å²) in [7, 11) is 0. The highest BCUT2D eigenvalue weighted by atomic mass is 32.1. The third-order valence-electron chi connectivity index (χ3n) is 6.99.